The molecule has 0 aliphatic rings. The van der Waals surface area contributed by atoms with Gasteiger partial charge in [0.2, 0.25) is 0 Å². The summed E-state index contributed by atoms with van der Waals surface area (Å²) in [5, 5.41) is 3.24. The zero-order valence-corrected chi connectivity index (χ0v) is 13.0. The Morgan fingerprint density at radius 2 is 2.05 bits per heavy atom. The molecule has 1 aromatic rings. The molecule has 0 fully saturated rings. The summed E-state index contributed by atoms with van der Waals surface area (Å²) in [4.78, 5) is 0. The highest BCUT2D eigenvalue weighted by Crippen LogP contribution is 2.20. The summed E-state index contributed by atoms with van der Waals surface area (Å²) in [6.45, 7) is 8.12. The maximum Gasteiger partial charge on any atom is 0.165 e. The number of rotatable bonds is 9. The first-order valence-corrected chi connectivity index (χ1v) is 7.15. The van der Waals surface area contributed by atoms with Gasteiger partial charge in [-0.25, -0.2) is 4.39 Å². The van der Waals surface area contributed by atoms with Crippen LogP contribution in [-0.2, 0) is 11.3 Å². The Morgan fingerprint density at radius 3 is 2.65 bits per heavy atom. The van der Waals surface area contributed by atoms with Crippen LogP contribution in [0.2, 0.25) is 0 Å². The van der Waals surface area contributed by atoms with Gasteiger partial charge < -0.3 is 14.8 Å². The summed E-state index contributed by atoms with van der Waals surface area (Å²) < 4.78 is 24.7. The maximum atomic E-state index is 13.9. The second-order valence-corrected chi connectivity index (χ2v) is 5.50. The smallest absolute Gasteiger partial charge is 0.165 e. The van der Waals surface area contributed by atoms with Crippen molar-refractivity contribution in [2.24, 2.45) is 0 Å². The summed E-state index contributed by atoms with van der Waals surface area (Å²) in [6.07, 6.45) is 1.78. The molecule has 0 bridgehead atoms. The molecule has 0 saturated heterocycles. The molecule has 0 heterocycles. The molecule has 0 aliphatic carbocycles. The van der Waals surface area contributed by atoms with Gasteiger partial charge in [0.05, 0.1) is 12.2 Å². The van der Waals surface area contributed by atoms with E-state index in [4.69, 9.17) is 9.47 Å². The van der Waals surface area contributed by atoms with Crippen LogP contribution in [0.1, 0.15) is 39.2 Å². The minimum Gasteiger partial charge on any atom is -0.490 e. The van der Waals surface area contributed by atoms with E-state index in [1.807, 2.05) is 19.9 Å². The van der Waals surface area contributed by atoms with Crippen LogP contribution in [0.5, 0.6) is 5.75 Å². The standard InChI is InChI=1S/C16H26FNO2/c1-5-9-18-12-13-6-7-15(14(17)11-13)20-10-8-16(2,3)19-4/h6-7,11,18H,5,8-10,12H2,1-4H3. The van der Waals surface area contributed by atoms with Gasteiger partial charge in [-0.05, 0) is 44.5 Å². The quantitative estimate of drug-likeness (QED) is 0.703. The van der Waals surface area contributed by atoms with Gasteiger partial charge in [-0.3, -0.25) is 0 Å². The van der Waals surface area contributed by atoms with E-state index in [-0.39, 0.29) is 11.4 Å². The fourth-order valence-corrected chi connectivity index (χ4v) is 1.69. The van der Waals surface area contributed by atoms with E-state index in [1.54, 1.807) is 13.2 Å². The van der Waals surface area contributed by atoms with Crippen LogP contribution >= 0.6 is 0 Å². The van der Waals surface area contributed by atoms with E-state index < -0.39 is 0 Å². The van der Waals surface area contributed by atoms with Gasteiger partial charge in [0.25, 0.3) is 0 Å². The number of ether oxygens (including phenoxy) is 2. The van der Waals surface area contributed by atoms with Crippen molar-refractivity contribution < 1.29 is 13.9 Å². The number of hydrogen-bond acceptors (Lipinski definition) is 3. The van der Waals surface area contributed by atoms with E-state index in [0.29, 0.717) is 25.3 Å². The van der Waals surface area contributed by atoms with E-state index in [1.165, 1.54) is 6.07 Å². The molecule has 0 aliphatic heterocycles. The predicted octanol–water partition coefficient (Wildman–Crippen LogP) is 3.52. The first-order valence-electron chi connectivity index (χ1n) is 7.15. The lowest BCUT2D eigenvalue weighted by atomic mass is 10.1. The van der Waals surface area contributed by atoms with Crippen LogP contribution in [-0.4, -0.2) is 25.9 Å². The third-order valence-electron chi connectivity index (χ3n) is 3.27. The fraction of sp³-hybridized carbons (Fsp3) is 0.625. The zero-order valence-electron chi connectivity index (χ0n) is 13.0. The lowest BCUT2D eigenvalue weighted by molar-refractivity contribution is 0.00513. The highest BCUT2D eigenvalue weighted by atomic mass is 19.1. The van der Waals surface area contributed by atoms with Gasteiger partial charge in [0, 0.05) is 20.1 Å². The Morgan fingerprint density at radius 1 is 1.30 bits per heavy atom. The molecular weight excluding hydrogens is 257 g/mol. The Hall–Kier alpha value is -1.13. The van der Waals surface area contributed by atoms with Gasteiger partial charge in [-0.15, -0.1) is 0 Å². The molecule has 0 unspecified atom stereocenters. The van der Waals surface area contributed by atoms with Crippen LogP contribution in [0.15, 0.2) is 18.2 Å². The van der Waals surface area contributed by atoms with E-state index >= 15 is 0 Å². The monoisotopic (exact) mass is 283 g/mol. The van der Waals surface area contributed by atoms with Gasteiger partial charge >= 0.3 is 0 Å². The van der Waals surface area contributed by atoms with Crippen molar-refractivity contribution in [1.29, 1.82) is 0 Å². The normalized spacial score (nSPS) is 11.7. The summed E-state index contributed by atoms with van der Waals surface area (Å²) in [5.74, 6) is -0.00725. The SMILES string of the molecule is CCCNCc1ccc(OCCC(C)(C)OC)c(F)c1. The van der Waals surface area contributed by atoms with Crippen LogP contribution in [0.25, 0.3) is 0 Å². The molecule has 20 heavy (non-hydrogen) atoms. The van der Waals surface area contributed by atoms with Gasteiger partial charge in [-0.1, -0.05) is 13.0 Å². The molecule has 0 spiro atoms. The highest BCUT2D eigenvalue weighted by Gasteiger charge is 2.16. The first kappa shape index (κ1) is 16.9. The Kier molecular flexibility index (Phi) is 6.96. The number of nitrogens with one attached hydrogen (secondary N) is 1. The molecule has 0 saturated carbocycles. The predicted molar refractivity (Wildman–Crippen MR) is 79.6 cm³/mol. The lowest BCUT2D eigenvalue weighted by Crippen LogP contribution is -2.25. The van der Waals surface area contributed by atoms with Crippen LogP contribution in [0, 0.1) is 5.82 Å². The largest absolute Gasteiger partial charge is 0.490 e. The van der Waals surface area contributed by atoms with Gasteiger partial charge in [0.1, 0.15) is 0 Å². The topological polar surface area (TPSA) is 30.5 Å². The van der Waals surface area contributed by atoms with E-state index in [9.17, 15) is 4.39 Å². The van der Waals surface area contributed by atoms with Crippen LogP contribution < -0.4 is 10.1 Å². The first-order chi connectivity index (χ1) is 9.48. The molecule has 0 amide bonds. The van der Waals surface area contributed by atoms with Crippen molar-refractivity contribution in [3.8, 4) is 5.75 Å². The fourth-order valence-electron chi connectivity index (χ4n) is 1.69. The van der Waals surface area contributed by atoms with Crippen molar-refractivity contribution in [3.63, 3.8) is 0 Å². The third kappa shape index (κ3) is 5.88. The van der Waals surface area contributed by atoms with Crippen molar-refractivity contribution in [2.75, 3.05) is 20.3 Å². The molecule has 0 atom stereocenters. The van der Waals surface area contributed by atoms with Crippen molar-refractivity contribution >= 4 is 0 Å². The third-order valence-corrected chi connectivity index (χ3v) is 3.27. The average Bonchev–Trinajstić information content (AvgIpc) is 2.41. The van der Waals surface area contributed by atoms with Crippen LogP contribution in [0.4, 0.5) is 4.39 Å². The molecule has 3 nitrogen and oxygen atoms in total. The molecule has 1 N–H and O–H groups in total. The molecule has 4 heteroatoms. The molecule has 1 rings (SSSR count). The minimum atomic E-state index is -0.309. The molecular formula is C16H26FNO2. The van der Waals surface area contributed by atoms with E-state index in [2.05, 4.69) is 12.2 Å². The Bertz CT molecular complexity index is 407. The average molecular weight is 283 g/mol. The number of benzene rings is 1. The number of methoxy groups -OCH3 is 1. The molecule has 114 valence electrons. The summed E-state index contributed by atoms with van der Waals surface area (Å²) >= 11 is 0. The lowest BCUT2D eigenvalue weighted by Gasteiger charge is -2.22. The molecule has 0 aromatic heterocycles. The summed E-state index contributed by atoms with van der Waals surface area (Å²) in [6, 6.07) is 5.11. The Labute approximate surface area is 121 Å². The molecule has 1 aromatic carbocycles. The summed E-state index contributed by atoms with van der Waals surface area (Å²) in [5.41, 5.74) is 0.682. The number of hydrogen-bond donors (Lipinski definition) is 1. The zero-order chi connectivity index (χ0) is 15.0. The van der Waals surface area contributed by atoms with Gasteiger partial charge in [-0.2, -0.15) is 0 Å². The molecule has 0 radical (unpaired) electrons. The maximum absolute atomic E-state index is 13.9. The van der Waals surface area contributed by atoms with Crippen molar-refractivity contribution in [1.82, 2.24) is 5.32 Å². The minimum absolute atomic E-state index is 0.250. The second-order valence-electron chi connectivity index (χ2n) is 5.50. The highest BCUT2D eigenvalue weighted by molar-refractivity contribution is 5.29. The van der Waals surface area contributed by atoms with Gasteiger partial charge in [0.15, 0.2) is 11.6 Å². The number of halogens is 1. The second kappa shape index (κ2) is 8.22. The van der Waals surface area contributed by atoms with Crippen molar-refractivity contribution in [2.45, 2.75) is 45.8 Å². The van der Waals surface area contributed by atoms with E-state index in [0.717, 1.165) is 18.5 Å². The van der Waals surface area contributed by atoms with Crippen molar-refractivity contribution in [3.05, 3.63) is 29.6 Å². The summed E-state index contributed by atoms with van der Waals surface area (Å²) in [7, 11) is 1.67. The van der Waals surface area contributed by atoms with Crippen LogP contribution in [0.3, 0.4) is 0 Å². The Balaban J connectivity index is 2.47.